The maximum Gasteiger partial charge on any atom is 0.406 e. The number of nitrogens with zero attached hydrogens (tertiary/aromatic N) is 2. The molecule has 10 heteroatoms. The molecule has 3 heterocycles. The molecule has 2 atom stereocenters. The molecule has 0 aliphatic carbocycles. The molecule has 0 aromatic carbocycles. The molecule has 1 aromatic heterocycles. The number of carbonyl (C=O) groups excluding carboxylic acids is 2. The van der Waals surface area contributed by atoms with Crippen molar-refractivity contribution in [3.63, 3.8) is 0 Å². The lowest BCUT2D eigenvalue weighted by molar-refractivity contribution is -0.227. The maximum absolute atomic E-state index is 13.3. The van der Waals surface area contributed by atoms with Gasteiger partial charge in [-0.1, -0.05) is 0 Å². The van der Waals surface area contributed by atoms with Gasteiger partial charge in [-0.3, -0.25) is 14.4 Å². The van der Waals surface area contributed by atoms with Crippen molar-refractivity contribution in [2.45, 2.75) is 37.9 Å². The lowest BCUT2D eigenvalue weighted by Crippen LogP contribution is -2.54. The molecule has 1 aromatic rings. The summed E-state index contributed by atoms with van der Waals surface area (Å²) in [5.41, 5.74) is -2.97. The van der Waals surface area contributed by atoms with Crippen LogP contribution in [0.2, 0.25) is 0 Å². The summed E-state index contributed by atoms with van der Waals surface area (Å²) in [6.07, 6.45) is -2.72. The number of carboxylic acid groups (broad SMARTS) is 1. The van der Waals surface area contributed by atoms with Crippen LogP contribution in [0.1, 0.15) is 36.2 Å². The van der Waals surface area contributed by atoms with Crippen LogP contribution < -0.4 is 0 Å². The number of halogens is 3. The second-order valence-electron chi connectivity index (χ2n) is 6.88. The average molecular weight is 388 g/mol. The van der Waals surface area contributed by atoms with Crippen molar-refractivity contribution in [3.8, 4) is 0 Å². The van der Waals surface area contributed by atoms with Crippen molar-refractivity contribution < 1.29 is 37.1 Å². The largest absolute Gasteiger partial charge is 0.481 e. The van der Waals surface area contributed by atoms with Crippen LogP contribution in [0.3, 0.4) is 0 Å². The van der Waals surface area contributed by atoms with Gasteiger partial charge in [-0.05, 0) is 37.8 Å². The summed E-state index contributed by atoms with van der Waals surface area (Å²) >= 11 is 0. The second-order valence-corrected chi connectivity index (χ2v) is 6.88. The first-order chi connectivity index (χ1) is 12.7. The van der Waals surface area contributed by atoms with E-state index < -0.39 is 48.4 Å². The highest BCUT2D eigenvalue weighted by atomic mass is 19.4. The van der Waals surface area contributed by atoms with E-state index in [4.69, 9.17) is 9.52 Å². The van der Waals surface area contributed by atoms with E-state index in [1.165, 1.54) is 23.3 Å². The van der Waals surface area contributed by atoms with Crippen LogP contribution in [0.25, 0.3) is 0 Å². The van der Waals surface area contributed by atoms with Crippen LogP contribution in [-0.4, -0.2) is 64.5 Å². The number of carbonyl (C=O) groups is 3. The lowest BCUT2D eigenvalue weighted by atomic mass is 9.86. The molecule has 27 heavy (non-hydrogen) atoms. The third kappa shape index (κ3) is 3.28. The van der Waals surface area contributed by atoms with E-state index >= 15 is 0 Å². The minimum Gasteiger partial charge on any atom is -0.481 e. The van der Waals surface area contributed by atoms with Gasteiger partial charge in [-0.25, -0.2) is 0 Å². The molecular weight excluding hydrogens is 369 g/mol. The minimum absolute atomic E-state index is 0.0475. The Balaban J connectivity index is 1.80. The maximum atomic E-state index is 13.3. The van der Waals surface area contributed by atoms with Gasteiger partial charge in [-0.15, -0.1) is 0 Å². The van der Waals surface area contributed by atoms with E-state index in [1.807, 2.05) is 0 Å². The molecule has 1 N–H and O–H groups in total. The third-order valence-electron chi connectivity index (χ3n) is 5.31. The summed E-state index contributed by atoms with van der Waals surface area (Å²) in [5.74, 6) is -3.09. The Morgan fingerprint density at radius 1 is 1.22 bits per heavy atom. The predicted molar refractivity (Wildman–Crippen MR) is 84.7 cm³/mol. The van der Waals surface area contributed by atoms with Gasteiger partial charge in [-0.2, -0.15) is 13.2 Å². The fraction of sp³-hybridized carbons (Fsp3) is 0.588. The zero-order valence-electron chi connectivity index (χ0n) is 14.4. The SMILES string of the molecule is O=C(C1CCCCN1C(=O)c1ccco1)N1CCC(C(=O)O)(C(F)(F)F)C1. The van der Waals surface area contributed by atoms with E-state index in [0.717, 1.165) is 4.90 Å². The predicted octanol–water partition coefficient (Wildman–Crippen LogP) is 2.14. The number of furan rings is 1. The summed E-state index contributed by atoms with van der Waals surface area (Å²) in [4.78, 5) is 39.0. The first-order valence-corrected chi connectivity index (χ1v) is 8.61. The van der Waals surface area contributed by atoms with Crippen molar-refractivity contribution in [2.24, 2.45) is 5.41 Å². The van der Waals surface area contributed by atoms with Crippen molar-refractivity contribution in [1.29, 1.82) is 0 Å². The molecule has 3 rings (SSSR count). The first-order valence-electron chi connectivity index (χ1n) is 8.61. The Hall–Kier alpha value is -2.52. The molecule has 2 aliphatic heterocycles. The van der Waals surface area contributed by atoms with Crippen LogP contribution in [0.4, 0.5) is 13.2 Å². The Labute approximate surface area is 152 Å². The van der Waals surface area contributed by atoms with Gasteiger partial charge in [0.25, 0.3) is 5.91 Å². The van der Waals surface area contributed by atoms with E-state index in [2.05, 4.69) is 0 Å². The molecule has 0 saturated carbocycles. The number of aliphatic carboxylic acids is 1. The summed E-state index contributed by atoms with van der Waals surface area (Å²) in [7, 11) is 0. The number of likely N-dealkylation sites (tertiary alicyclic amines) is 2. The standard InChI is InChI=1S/C17H19F3N2O5/c18-17(19,20)16(15(25)26)6-8-21(10-16)13(23)11-4-1-2-7-22(11)14(24)12-5-3-9-27-12/h3,5,9,11H,1-2,4,6-8,10H2,(H,25,26). The van der Waals surface area contributed by atoms with Crippen LogP contribution in [0, 0.1) is 5.41 Å². The van der Waals surface area contributed by atoms with Gasteiger partial charge in [0.05, 0.1) is 6.26 Å². The van der Waals surface area contributed by atoms with E-state index in [-0.39, 0.29) is 18.8 Å². The van der Waals surface area contributed by atoms with Crippen molar-refractivity contribution in [3.05, 3.63) is 24.2 Å². The molecule has 2 amide bonds. The third-order valence-corrected chi connectivity index (χ3v) is 5.31. The molecule has 2 saturated heterocycles. The smallest absolute Gasteiger partial charge is 0.406 e. The van der Waals surface area contributed by atoms with E-state index in [1.54, 1.807) is 0 Å². The fourth-order valence-corrected chi connectivity index (χ4v) is 3.71. The average Bonchev–Trinajstić information content (AvgIpc) is 3.30. The van der Waals surface area contributed by atoms with Crippen LogP contribution in [0.5, 0.6) is 0 Å². The molecule has 2 aliphatic rings. The Morgan fingerprint density at radius 3 is 2.52 bits per heavy atom. The normalized spacial score (nSPS) is 26.3. The van der Waals surface area contributed by atoms with Gasteiger partial charge in [0.1, 0.15) is 6.04 Å². The van der Waals surface area contributed by atoms with E-state index in [0.29, 0.717) is 19.3 Å². The second kappa shape index (κ2) is 6.90. The van der Waals surface area contributed by atoms with Crippen molar-refractivity contribution >= 4 is 17.8 Å². The van der Waals surface area contributed by atoms with Crippen molar-refractivity contribution in [2.75, 3.05) is 19.6 Å². The topological polar surface area (TPSA) is 91.1 Å². The summed E-state index contributed by atoms with van der Waals surface area (Å²) in [6, 6.07) is 2.06. The van der Waals surface area contributed by atoms with Gasteiger partial charge in [0, 0.05) is 19.6 Å². The number of hydrogen-bond acceptors (Lipinski definition) is 4. The zero-order chi connectivity index (χ0) is 19.8. The Morgan fingerprint density at radius 2 is 1.96 bits per heavy atom. The van der Waals surface area contributed by atoms with Crippen LogP contribution in [-0.2, 0) is 9.59 Å². The molecule has 0 radical (unpaired) electrons. The Bertz CT molecular complexity index is 733. The van der Waals surface area contributed by atoms with Crippen LogP contribution in [0.15, 0.2) is 22.8 Å². The molecule has 2 fully saturated rings. The molecule has 148 valence electrons. The zero-order valence-corrected chi connectivity index (χ0v) is 14.4. The lowest BCUT2D eigenvalue weighted by Gasteiger charge is -2.36. The van der Waals surface area contributed by atoms with Gasteiger partial charge < -0.3 is 19.3 Å². The minimum atomic E-state index is -4.97. The number of amides is 2. The monoisotopic (exact) mass is 388 g/mol. The number of alkyl halides is 3. The van der Waals surface area contributed by atoms with Gasteiger partial charge in [0.15, 0.2) is 11.2 Å². The number of piperidine rings is 1. The summed E-state index contributed by atoms with van der Waals surface area (Å²) in [6.45, 7) is -0.971. The van der Waals surface area contributed by atoms with Gasteiger partial charge in [0.2, 0.25) is 5.91 Å². The quantitative estimate of drug-likeness (QED) is 0.857. The highest BCUT2D eigenvalue weighted by Gasteiger charge is 2.64. The molecule has 2 unspecified atom stereocenters. The highest BCUT2D eigenvalue weighted by Crippen LogP contribution is 2.46. The van der Waals surface area contributed by atoms with Crippen molar-refractivity contribution in [1.82, 2.24) is 9.80 Å². The van der Waals surface area contributed by atoms with Gasteiger partial charge >= 0.3 is 12.1 Å². The molecule has 7 nitrogen and oxygen atoms in total. The highest BCUT2D eigenvalue weighted by molar-refractivity contribution is 5.96. The van der Waals surface area contributed by atoms with E-state index in [9.17, 15) is 27.6 Å². The summed E-state index contributed by atoms with van der Waals surface area (Å²) in [5, 5.41) is 9.14. The summed E-state index contributed by atoms with van der Waals surface area (Å²) < 4.78 is 45.1. The molecule has 0 spiro atoms. The first kappa shape index (κ1) is 19.2. The fourth-order valence-electron chi connectivity index (χ4n) is 3.71. The Kier molecular flexibility index (Phi) is 4.92. The number of carboxylic acids is 1. The number of rotatable bonds is 3. The number of hydrogen-bond donors (Lipinski definition) is 1. The molecular formula is C17H19F3N2O5. The van der Waals surface area contributed by atoms with Crippen LogP contribution >= 0.6 is 0 Å². The molecule has 0 bridgehead atoms.